The molecule has 0 bridgehead atoms. The Kier molecular flexibility index (Phi) is 5.63. The number of benzene rings is 2. The van der Waals surface area contributed by atoms with Gasteiger partial charge in [0.15, 0.2) is 0 Å². The number of carbonyl (C=O) groups excluding carboxylic acids is 1. The van der Waals surface area contributed by atoms with Crippen molar-refractivity contribution in [1.29, 1.82) is 0 Å². The van der Waals surface area contributed by atoms with Gasteiger partial charge in [0, 0.05) is 31.7 Å². The quantitative estimate of drug-likeness (QED) is 0.548. The van der Waals surface area contributed by atoms with Gasteiger partial charge in [-0.2, -0.15) is 9.29 Å². The Morgan fingerprint density at radius 2 is 1.76 bits per heavy atom. The number of sulfonamides is 1. The molecule has 0 aliphatic carbocycles. The summed E-state index contributed by atoms with van der Waals surface area (Å²) in [5.41, 5.74) is 1.19. The number of para-hydroxylation sites is 1. The van der Waals surface area contributed by atoms with E-state index in [2.05, 4.69) is 10.1 Å². The largest absolute Gasteiger partial charge is 0.496 e. The average Bonchev–Trinajstić information content (AvgIpc) is 3.51. The molecule has 9 nitrogen and oxygen atoms in total. The van der Waals surface area contributed by atoms with Crippen LogP contribution >= 0.6 is 0 Å². The van der Waals surface area contributed by atoms with Crippen LogP contribution in [0.5, 0.6) is 5.75 Å². The first kappa shape index (κ1) is 21.6. The van der Waals surface area contributed by atoms with Crippen LogP contribution in [0, 0.1) is 0 Å². The van der Waals surface area contributed by atoms with Crippen LogP contribution in [0.1, 0.15) is 35.0 Å². The molecular formula is C23H24N4O5S. The molecule has 0 atom stereocenters. The fourth-order valence-corrected chi connectivity index (χ4v) is 5.69. The maximum Gasteiger partial charge on any atom is 0.253 e. The lowest BCUT2D eigenvalue weighted by molar-refractivity contribution is 0.0569. The topological polar surface area (TPSA) is 106 Å². The number of carbonyl (C=O) groups is 1. The number of ether oxygens (including phenoxy) is 1. The number of amides is 1. The van der Waals surface area contributed by atoms with Crippen molar-refractivity contribution in [3.8, 4) is 17.1 Å². The highest BCUT2D eigenvalue weighted by Crippen LogP contribution is 2.32. The Bertz CT molecular complexity index is 1260. The van der Waals surface area contributed by atoms with Gasteiger partial charge in [-0.05, 0) is 49.2 Å². The first-order chi connectivity index (χ1) is 16.0. The van der Waals surface area contributed by atoms with E-state index in [1.807, 2.05) is 24.3 Å². The minimum Gasteiger partial charge on any atom is -0.496 e. The second kappa shape index (κ2) is 8.60. The number of likely N-dealkylation sites (tertiary alicyclic amines) is 1. The molecule has 2 aromatic carbocycles. The van der Waals surface area contributed by atoms with Gasteiger partial charge in [0.25, 0.3) is 5.91 Å². The van der Waals surface area contributed by atoms with E-state index in [-0.39, 0.29) is 16.7 Å². The van der Waals surface area contributed by atoms with Crippen LogP contribution in [0.3, 0.4) is 0 Å². The molecule has 3 heterocycles. The normalized spacial score (nSPS) is 17.2. The van der Waals surface area contributed by atoms with Crippen molar-refractivity contribution in [3.63, 3.8) is 0 Å². The van der Waals surface area contributed by atoms with Gasteiger partial charge in [-0.1, -0.05) is 17.3 Å². The van der Waals surface area contributed by atoms with E-state index >= 15 is 0 Å². The van der Waals surface area contributed by atoms with Crippen molar-refractivity contribution in [3.05, 3.63) is 60.0 Å². The Morgan fingerprint density at radius 1 is 1.06 bits per heavy atom. The first-order valence-corrected chi connectivity index (χ1v) is 12.3. The second-order valence-corrected chi connectivity index (χ2v) is 10.1. The van der Waals surface area contributed by atoms with E-state index in [1.165, 1.54) is 16.4 Å². The van der Waals surface area contributed by atoms with E-state index in [9.17, 15) is 13.2 Å². The smallest absolute Gasteiger partial charge is 0.253 e. The predicted molar refractivity (Wildman–Crippen MR) is 119 cm³/mol. The molecule has 0 unspecified atom stereocenters. The Morgan fingerprint density at radius 3 is 2.45 bits per heavy atom. The zero-order valence-corrected chi connectivity index (χ0v) is 19.0. The van der Waals surface area contributed by atoms with Crippen LogP contribution in [0.15, 0.2) is 57.9 Å². The lowest BCUT2D eigenvalue weighted by Gasteiger charge is -2.37. The minimum absolute atomic E-state index is 0.0419. The summed E-state index contributed by atoms with van der Waals surface area (Å²) in [4.78, 5) is 19.2. The molecule has 0 N–H and O–H groups in total. The van der Waals surface area contributed by atoms with Crippen molar-refractivity contribution in [2.75, 3.05) is 33.3 Å². The maximum atomic E-state index is 12.8. The highest BCUT2D eigenvalue weighted by atomic mass is 32.2. The Labute approximate surface area is 192 Å². The van der Waals surface area contributed by atoms with Crippen molar-refractivity contribution in [1.82, 2.24) is 19.3 Å². The highest BCUT2D eigenvalue weighted by molar-refractivity contribution is 7.89. The van der Waals surface area contributed by atoms with Crippen LogP contribution in [0.25, 0.3) is 11.4 Å². The van der Waals surface area contributed by atoms with Gasteiger partial charge in [0.2, 0.25) is 21.7 Å². The molecule has 2 aliphatic heterocycles. The molecule has 2 aliphatic rings. The van der Waals surface area contributed by atoms with Crippen molar-refractivity contribution >= 4 is 15.9 Å². The van der Waals surface area contributed by atoms with Crippen molar-refractivity contribution in [2.45, 2.75) is 23.7 Å². The fraction of sp³-hybridized carbons (Fsp3) is 0.348. The molecule has 5 rings (SSSR count). The van der Waals surface area contributed by atoms with Gasteiger partial charge in [-0.15, -0.1) is 0 Å². The van der Waals surface area contributed by atoms with Gasteiger partial charge >= 0.3 is 0 Å². The van der Waals surface area contributed by atoms with Crippen molar-refractivity contribution < 1.29 is 22.5 Å². The molecule has 3 aromatic rings. The summed E-state index contributed by atoms with van der Waals surface area (Å²) in [6, 6.07) is 13.6. The van der Waals surface area contributed by atoms with E-state index in [1.54, 1.807) is 24.1 Å². The first-order valence-electron chi connectivity index (χ1n) is 10.8. The van der Waals surface area contributed by atoms with Crippen LogP contribution < -0.4 is 4.74 Å². The van der Waals surface area contributed by atoms with E-state index < -0.39 is 10.0 Å². The summed E-state index contributed by atoms with van der Waals surface area (Å²) in [5.74, 6) is 1.39. The van der Waals surface area contributed by atoms with Crippen LogP contribution in [-0.4, -0.2) is 67.0 Å². The van der Waals surface area contributed by atoms with Crippen LogP contribution in [-0.2, 0) is 10.0 Å². The molecule has 0 saturated carbocycles. The van der Waals surface area contributed by atoms with Crippen LogP contribution in [0.2, 0.25) is 0 Å². The third-order valence-electron chi connectivity index (χ3n) is 6.11. The highest BCUT2D eigenvalue weighted by Gasteiger charge is 2.36. The summed E-state index contributed by atoms with van der Waals surface area (Å²) in [6.07, 6.45) is 1.76. The van der Waals surface area contributed by atoms with Crippen LogP contribution in [0.4, 0.5) is 0 Å². The van der Waals surface area contributed by atoms with Gasteiger partial charge in [0.1, 0.15) is 5.75 Å². The standard InChI is InChI=1S/C23H24N4O5S/c1-31-20-7-3-2-6-19(20)21-24-22(32-25-21)17-14-26(15-17)23(28)16-8-10-18(11-9-16)33(29,30)27-12-4-5-13-27/h2-3,6-11,17H,4-5,12-15H2,1H3. The van der Waals surface area contributed by atoms with Gasteiger partial charge in [-0.25, -0.2) is 8.42 Å². The summed E-state index contributed by atoms with van der Waals surface area (Å²) >= 11 is 0. The number of aromatic nitrogens is 2. The third-order valence-corrected chi connectivity index (χ3v) is 8.02. The Hall–Kier alpha value is -3.24. The summed E-state index contributed by atoms with van der Waals surface area (Å²) < 4.78 is 37.6. The third kappa shape index (κ3) is 4.00. The molecule has 1 amide bonds. The minimum atomic E-state index is -3.49. The van der Waals surface area contributed by atoms with E-state index in [4.69, 9.17) is 9.26 Å². The van der Waals surface area contributed by atoms with E-state index in [0.717, 1.165) is 18.4 Å². The molecule has 0 radical (unpaired) electrons. The summed E-state index contributed by atoms with van der Waals surface area (Å²) in [5, 5.41) is 4.06. The van der Waals surface area contributed by atoms with Crippen molar-refractivity contribution in [2.24, 2.45) is 0 Å². The molecule has 1 aromatic heterocycles. The number of nitrogens with zero attached hydrogens (tertiary/aromatic N) is 4. The number of hydrogen-bond donors (Lipinski definition) is 0. The number of rotatable bonds is 6. The molecule has 2 saturated heterocycles. The Balaban J connectivity index is 1.23. The molecule has 0 spiro atoms. The summed E-state index contributed by atoms with van der Waals surface area (Å²) in [7, 11) is -1.90. The number of hydrogen-bond acceptors (Lipinski definition) is 7. The van der Waals surface area contributed by atoms with Gasteiger partial charge in [-0.3, -0.25) is 4.79 Å². The maximum absolute atomic E-state index is 12.8. The lowest BCUT2D eigenvalue weighted by atomic mass is 9.98. The SMILES string of the molecule is COc1ccccc1-c1noc(C2CN(C(=O)c3ccc(S(=O)(=O)N4CCCC4)cc3)C2)n1. The van der Waals surface area contributed by atoms with E-state index in [0.29, 0.717) is 49.2 Å². The number of methoxy groups -OCH3 is 1. The lowest BCUT2D eigenvalue weighted by Crippen LogP contribution is -2.48. The zero-order valence-electron chi connectivity index (χ0n) is 18.2. The average molecular weight is 469 g/mol. The molecule has 33 heavy (non-hydrogen) atoms. The van der Waals surface area contributed by atoms with Gasteiger partial charge < -0.3 is 14.2 Å². The van der Waals surface area contributed by atoms with Gasteiger partial charge in [0.05, 0.1) is 23.5 Å². The molecule has 172 valence electrons. The molecular weight excluding hydrogens is 444 g/mol. The fourth-order valence-electron chi connectivity index (χ4n) is 4.17. The summed E-state index contributed by atoms with van der Waals surface area (Å²) in [6.45, 7) is 2.01. The molecule has 2 fully saturated rings. The predicted octanol–water partition coefficient (Wildman–Crippen LogP) is 2.77. The second-order valence-electron chi connectivity index (χ2n) is 8.20. The zero-order chi connectivity index (χ0) is 23.0. The monoisotopic (exact) mass is 468 g/mol. The molecule has 10 heteroatoms.